The van der Waals surface area contributed by atoms with Gasteiger partial charge in [-0.15, -0.1) is 0 Å². The molecule has 0 radical (unpaired) electrons. The van der Waals surface area contributed by atoms with Gasteiger partial charge in [0, 0.05) is 24.9 Å². The number of hydrogen-bond acceptors (Lipinski definition) is 3. The van der Waals surface area contributed by atoms with E-state index in [0.29, 0.717) is 6.42 Å². The number of nitrogens with one attached hydrogen (secondary N) is 1. The van der Waals surface area contributed by atoms with Gasteiger partial charge in [-0.1, -0.05) is 12.1 Å². The third-order valence-corrected chi connectivity index (χ3v) is 3.76. The first-order valence-electron chi connectivity index (χ1n) is 6.57. The average Bonchev–Trinajstić information content (AvgIpc) is 2.73. The number of amides is 1. The highest BCUT2D eigenvalue weighted by Crippen LogP contribution is 2.39. The summed E-state index contributed by atoms with van der Waals surface area (Å²) in [5, 5.41) is 7.32. The lowest BCUT2D eigenvalue weighted by atomic mass is 9.86. The van der Waals surface area contributed by atoms with Gasteiger partial charge in [0.05, 0.1) is 12.8 Å². The second-order valence-electron chi connectivity index (χ2n) is 5.05. The highest BCUT2D eigenvalue weighted by molar-refractivity contribution is 5.94. The van der Waals surface area contributed by atoms with Crippen molar-refractivity contribution in [3.8, 4) is 5.75 Å². The Kier molecular flexibility index (Phi) is 2.97. The number of ether oxygens (including phenoxy) is 1. The third-order valence-electron chi connectivity index (χ3n) is 3.76. The normalized spacial score (nSPS) is 17.6. The molecule has 2 aromatic rings. The summed E-state index contributed by atoms with van der Waals surface area (Å²) in [5.74, 6) is 1.65. The molecule has 0 aliphatic carbocycles. The molecule has 0 fully saturated rings. The van der Waals surface area contributed by atoms with Gasteiger partial charge in [0.2, 0.25) is 5.91 Å². The number of carbonyl (C=O) groups is 1. The van der Waals surface area contributed by atoms with Crippen LogP contribution in [-0.2, 0) is 11.8 Å². The van der Waals surface area contributed by atoms with Gasteiger partial charge in [-0.2, -0.15) is 5.10 Å². The second-order valence-corrected chi connectivity index (χ2v) is 5.05. The molecule has 0 unspecified atom stereocenters. The van der Waals surface area contributed by atoms with Crippen LogP contribution < -0.4 is 10.1 Å². The first-order chi connectivity index (χ1) is 9.60. The van der Waals surface area contributed by atoms with Crippen molar-refractivity contribution in [1.82, 2.24) is 9.78 Å². The third kappa shape index (κ3) is 1.95. The maximum atomic E-state index is 11.9. The lowest BCUT2D eigenvalue weighted by Crippen LogP contribution is -2.24. The van der Waals surface area contributed by atoms with Crippen LogP contribution in [0.4, 0.5) is 5.82 Å². The molecule has 1 atom stereocenters. The number of nitrogens with zero attached hydrogens (tertiary/aromatic N) is 2. The fourth-order valence-electron chi connectivity index (χ4n) is 2.85. The maximum absolute atomic E-state index is 11.9. The molecule has 1 amide bonds. The largest absolute Gasteiger partial charge is 0.497 e. The van der Waals surface area contributed by atoms with Crippen LogP contribution in [0.15, 0.2) is 24.3 Å². The van der Waals surface area contributed by atoms with E-state index in [9.17, 15) is 4.79 Å². The zero-order valence-electron chi connectivity index (χ0n) is 11.8. The summed E-state index contributed by atoms with van der Waals surface area (Å²) in [7, 11) is 3.49. The molecule has 1 aliphatic rings. The quantitative estimate of drug-likeness (QED) is 0.911. The number of fused-ring (bicyclic) bond motifs is 1. The minimum absolute atomic E-state index is 0.0216. The smallest absolute Gasteiger partial charge is 0.226 e. The predicted molar refractivity (Wildman–Crippen MR) is 76.0 cm³/mol. The van der Waals surface area contributed by atoms with Crippen LogP contribution in [0.3, 0.4) is 0 Å². The zero-order chi connectivity index (χ0) is 14.3. The molecule has 0 spiro atoms. The SMILES string of the molecule is COc1cccc([C@@H]2CC(=O)Nc3c2c(C)nn3C)c1. The molecule has 20 heavy (non-hydrogen) atoms. The van der Waals surface area contributed by atoms with E-state index >= 15 is 0 Å². The summed E-state index contributed by atoms with van der Waals surface area (Å²) in [5.41, 5.74) is 3.13. The Bertz CT molecular complexity index is 676. The summed E-state index contributed by atoms with van der Waals surface area (Å²) in [6.07, 6.45) is 0.437. The minimum atomic E-state index is 0.0216. The summed E-state index contributed by atoms with van der Waals surface area (Å²) in [6, 6.07) is 7.87. The van der Waals surface area contributed by atoms with E-state index in [0.717, 1.165) is 28.4 Å². The van der Waals surface area contributed by atoms with Gasteiger partial charge in [-0.05, 0) is 24.6 Å². The number of benzene rings is 1. The van der Waals surface area contributed by atoms with Gasteiger partial charge in [0.1, 0.15) is 11.6 Å². The van der Waals surface area contributed by atoms with Crippen LogP contribution in [0.25, 0.3) is 0 Å². The molecule has 0 saturated heterocycles. The molecular weight excluding hydrogens is 254 g/mol. The Balaban J connectivity index is 2.12. The number of rotatable bonds is 2. The lowest BCUT2D eigenvalue weighted by molar-refractivity contribution is -0.116. The van der Waals surface area contributed by atoms with E-state index in [4.69, 9.17) is 4.74 Å². The first kappa shape index (κ1) is 12.7. The summed E-state index contributed by atoms with van der Waals surface area (Å²) >= 11 is 0. The molecule has 0 bridgehead atoms. The minimum Gasteiger partial charge on any atom is -0.497 e. The Morgan fingerprint density at radius 2 is 2.25 bits per heavy atom. The molecule has 5 nitrogen and oxygen atoms in total. The van der Waals surface area contributed by atoms with Gasteiger partial charge in [0.25, 0.3) is 0 Å². The number of aryl methyl sites for hydroxylation is 2. The number of carbonyl (C=O) groups excluding carboxylic acids is 1. The van der Waals surface area contributed by atoms with Crippen LogP contribution in [-0.4, -0.2) is 22.8 Å². The summed E-state index contributed by atoms with van der Waals surface area (Å²) in [4.78, 5) is 11.9. The van der Waals surface area contributed by atoms with Crippen LogP contribution in [0.2, 0.25) is 0 Å². The Hall–Kier alpha value is -2.30. The van der Waals surface area contributed by atoms with Gasteiger partial charge in [-0.25, -0.2) is 0 Å². The van der Waals surface area contributed by atoms with Crippen molar-refractivity contribution >= 4 is 11.7 Å². The van der Waals surface area contributed by atoms with Gasteiger partial charge < -0.3 is 10.1 Å². The highest BCUT2D eigenvalue weighted by atomic mass is 16.5. The summed E-state index contributed by atoms with van der Waals surface area (Å²) in [6.45, 7) is 1.98. The Morgan fingerprint density at radius 3 is 3.00 bits per heavy atom. The Labute approximate surface area is 117 Å². The molecule has 1 aromatic heterocycles. The highest BCUT2D eigenvalue weighted by Gasteiger charge is 2.31. The molecular formula is C15H17N3O2. The number of anilines is 1. The Morgan fingerprint density at radius 1 is 1.45 bits per heavy atom. The van der Waals surface area contributed by atoms with Crippen molar-refractivity contribution in [1.29, 1.82) is 0 Å². The fraction of sp³-hybridized carbons (Fsp3) is 0.333. The number of methoxy groups -OCH3 is 1. The second kappa shape index (κ2) is 4.67. The van der Waals surface area contributed by atoms with Gasteiger partial charge >= 0.3 is 0 Å². The molecule has 1 N–H and O–H groups in total. The van der Waals surface area contributed by atoms with Crippen LogP contribution >= 0.6 is 0 Å². The number of hydrogen-bond donors (Lipinski definition) is 1. The van der Waals surface area contributed by atoms with Crippen LogP contribution in [0.1, 0.15) is 29.2 Å². The van der Waals surface area contributed by atoms with Crippen LogP contribution in [0, 0.1) is 6.92 Å². The lowest BCUT2D eigenvalue weighted by Gasteiger charge is -2.24. The molecule has 5 heteroatoms. The molecule has 3 rings (SSSR count). The topological polar surface area (TPSA) is 56.1 Å². The fourth-order valence-corrected chi connectivity index (χ4v) is 2.85. The summed E-state index contributed by atoms with van der Waals surface area (Å²) < 4.78 is 7.01. The van der Waals surface area contributed by atoms with Crippen molar-refractivity contribution in [2.45, 2.75) is 19.3 Å². The van der Waals surface area contributed by atoms with Crippen molar-refractivity contribution in [2.24, 2.45) is 7.05 Å². The number of aromatic nitrogens is 2. The molecule has 1 aliphatic heterocycles. The molecule has 1 aromatic carbocycles. The molecule has 2 heterocycles. The van der Waals surface area contributed by atoms with E-state index in [1.165, 1.54) is 0 Å². The van der Waals surface area contributed by atoms with E-state index in [2.05, 4.69) is 10.4 Å². The molecule has 104 valence electrons. The van der Waals surface area contributed by atoms with E-state index in [-0.39, 0.29) is 11.8 Å². The average molecular weight is 271 g/mol. The zero-order valence-corrected chi connectivity index (χ0v) is 11.8. The van der Waals surface area contributed by atoms with E-state index in [1.54, 1.807) is 11.8 Å². The monoisotopic (exact) mass is 271 g/mol. The van der Waals surface area contributed by atoms with Gasteiger partial charge in [0.15, 0.2) is 0 Å². The maximum Gasteiger partial charge on any atom is 0.226 e. The van der Waals surface area contributed by atoms with E-state index < -0.39 is 0 Å². The van der Waals surface area contributed by atoms with Crippen molar-refractivity contribution in [3.05, 3.63) is 41.1 Å². The van der Waals surface area contributed by atoms with Crippen LogP contribution in [0.5, 0.6) is 5.75 Å². The van der Waals surface area contributed by atoms with E-state index in [1.807, 2.05) is 38.2 Å². The predicted octanol–water partition coefficient (Wildman–Crippen LogP) is 2.21. The van der Waals surface area contributed by atoms with Crippen molar-refractivity contribution in [3.63, 3.8) is 0 Å². The molecule has 0 saturated carbocycles. The standard InChI is InChI=1S/C15H17N3O2/c1-9-14-12(10-5-4-6-11(7-10)20-3)8-13(19)16-15(14)18(2)17-9/h4-7,12H,8H2,1-3H3,(H,16,19)/t12-/m0/s1. The van der Waals surface area contributed by atoms with Crippen molar-refractivity contribution < 1.29 is 9.53 Å². The first-order valence-corrected chi connectivity index (χ1v) is 6.57. The van der Waals surface area contributed by atoms with Gasteiger partial charge in [-0.3, -0.25) is 9.48 Å². The van der Waals surface area contributed by atoms with Crippen molar-refractivity contribution in [2.75, 3.05) is 12.4 Å².